The highest BCUT2D eigenvalue weighted by Gasteiger charge is 2.18. The predicted octanol–water partition coefficient (Wildman–Crippen LogP) is 3.11. The van der Waals surface area contributed by atoms with Crippen molar-refractivity contribution < 1.29 is 0 Å². The molecule has 2 N–H and O–H groups in total. The van der Waals surface area contributed by atoms with Crippen molar-refractivity contribution in [3.05, 3.63) is 97.3 Å². The Morgan fingerprint density at radius 3 is 2.41 bits per heavy atom. The molecule has 0 fully saturated rings. The van der Waals surface area contributed by atoms with Crippen molar-refractivity contribution in [1.29, 1.82) is 0 Å². The van der Waals surface area contributed by atoms with E-state index in [1.165, 1.54) is 9.13 Å². The van der Waals surface area contributed by atoms with Crippen LogP contribution in [0, 0.1) is 0 Å². The summed E-state index contributed by atoms with van der Waals surface area (Å²) in [4.78, 5) is 30.5. The first-order valence-electron chi connectivity index (χ1n) is 10.0. The highest BCUT2D eigenvalue weighted by molar-refractivity contribution is 6.30. The second kappa shape index (κ2) is 8.76. The smallest absolute Gasteiger partial charge is 0.306 e. The van der Waals surface area contributed by atoms with Gasteiger partial charge in [-0.2, -0.15) is 4.98 Å². The van der Waals surface area contributed by atoms with Crippen LogP contribution in [0.4, 0.5) is 5.95 Å². The second-order valence-electron chi connectivity index (χ2n) is 7.51. The zero-order chi connectivity index (χ0) is 22.8. The van der Waals surface area contributed by atoms with Crippen LogP contribution >= 0.6 is 11.6 Å². The molecule has 0 bridgehead atoms. The topological polar surface area (TPSA) is 85.9 Å². The fourth-order valence-corrected chi connectivity index (χ4v) is 3.58. The summed E-state index contributed by atoms with van der Waals surface area (Å²) < 4.78 is 4.22. The van der Waals surface area contributed by atoms with Gasteiger partial charge in [0.25, 0.3) is 5.56 Å². The van der Waals surface area contributed by atoms with Gasteiger partial charge in [0.15, 0.2) is 11.2 Å². The van der Waals surface area contributed by atoms with Gasteiger partial charge < -0.3 is 9.99 Å². The number of halogens is 1. The summed E-state index contributed by atoms with van der Waals surface area (Å²) in [5, 5.41) is 0.593. The van der Waals surface area contributed by atoms with Gasteiger partial charge in [-0.05, 0) is 36.3 Å². The quantitative estimate of drug-likeness (QED) is 0.441. The van der Waals surface area contributed by atoms with Crippen LogP contribution in [0.1, 0.15) is 18.1 Å². The van der Waals surface area contributed by atoms with Gasteiger partial charge >= 0.3 is 5.69 Å². The number of hydrazine groups is 1. The van der Waals surface area contributed by atoms with E-state index < -0.39 is 11.2 Å². The molecule has 9 heteroatoms. The van der Waals surface area contributed by atoms with Crippen LogP contribution in [0.2, 0.25) is 5.02 Å². The van der Waals surface area contributed by atoms with E-state index >= 15 is 0 Å². The number of anilines is 1. The number of nitrogens with zero attached hydrogens (tertiary/aromatic N) is 4. The van der Waals surface area contributed by atoms with E-state index in [2.05, 4.69) is 15.8 Å². The maximum absolute atomic E-state index is 13.2. The van der Waals surface area contributed by atoms with E-state index in [1.807, 2.05) is 43.3 Å². The lowest BCUT2D eigenvalue weighted by Crippen LogP contribution is -2.39. The summed E-state index contributed by atoms with van der Waals surface area (Å²) in [7, 11) is 3.33. The number of hydrogen-bond acceptors (Lipinski definition) is 5. The highest BCUT2D eigenvalue weighted by atomic mass is 35.5. The molecule has 0 aliphatic rings. The molecule has 0 saturated heterocycles. The summed E-state index contributed by atoms with van der Waals surface area (Å²) >= 11 is 5.94. The summed E-state index contributed by atoms with van der Waals surface area (Å²) in [6.07, 6.45) is 1.98. The van der Waals surface area contributed by atoms with Gasteiger partial charge in [-0.25, -0.2) is 4.79 Å². The molecule has 0 amide bonds. The Hall–Kier alpha value is -3.78. The lowest BCUT2D eigenvalue weighted by molar-refractivity contribution is 0.655. The molecule has 164 valence electrons. The zero-order valence-corrected chi connectivity index (χ0v) is 18.7. The summed E-state index contributed by atoms with van der Waals surface area (Å²) in [6, 6.07) is 16.9. The Labute approximate surface area is 189 Å². The lowest BCUT2D eigenvalue weighted by atomic mass is 10.2. The van der Waals surface area contributed by atoms with E-state index in [1.54, 1.807) is 42.9 Å². The largest absolute Gasteiger partial charge is 0.332 e. The molecule has 0 aliphatic carbocycles. The molecule has 2 aromatic heterocycles. The minimum atomic E-state index is -0.435. The minimum absolute atomic E-state index is 0.143. The number of fused-ring (bicyclic) bond motifs is 1. The molecule has 8 nitrogen and oxygen atoms in total. The van der Waals surface area contributed by atoms with Gasteiger partial charge in [-0.3, -0.25) is 19.4 Å². The Morgan fingerprint density at radius 2 is 1.72 bits per heavy atom. The molecule has 0 unspecified atom stereocenters. The van der Waals surface area contributed by atoms with Crippen LogP contribution < -0.4 is 22.1 Å². The number of hydrogen-bond donors (Lipinski definition) is 2. The van der Waals surface area contributed by atoms with E-state index in [4.69, 9.17) is 11.6 Å². The molecule has 0 spiro atoms. The Kier molecular flexibility index (Phi) is 5.87. The van der Waals surface area contributed by atoms with Crippen LogP contribution in [0.25, 0.3) is 17.2 Å². The molecule has 2 heterocycles. The van der Waals surface area contributed by atoms with E-state index in [-0.39, 0.29) is 6.54 Å². The molecule has 4 aromatic rings. The molecule has 4 rings (SSSR count). The van der Waals surface area contributed by atoms with Crippen LogP contribution in [-0.4, -0.2) is 18.7 Å². The van der Waals surface area contributed by atoms with E-state index in [0.29, 0.717) is 22.1 Å². The predicted molar refractivity (Wildman–Crippen MR) is 128 cm³/mol. The monoisotopic (exact) mass is 450 g/mol. The van der Waals surface area contributed by atoms with Crippen LogP contribution in [0.3, 0.4) is 0 Å². The highest BCUT2D eigenvalue weighted by Crippen LogP contribution is 2.14. The average Bonchev–Trinajstić information content (AvgIpc) is 3.12. The molecular formula is C23H23ClN6O2. The first kappa shape index (κ1) is 21.5. The number of aromatic nitrogens is 4. The van der Waals surface area contributed by atoms with Crippen molar-refractivity contribution in [2.45, 2.75) is 13.5 Å². The van der Waals surface area contributed by atoms with Gasteiger partial charge in [0.05, 0.1) is 6.54 Å². The van der Waals surface area contributed by atoms with Gasteiger partial charge in [0, 0.05) is 24.8 Å². The first-order valence-corrected chi connectivity index (χ1v) is 10.4. The SMILES string of the molecule is C/C(=C/c1ccccc1)NNc1nc2c(c(=O)n(Cc3ccc(Cl)cc3)c(=O)n2C)n1C. The minimum Gasteiger partial charge on any atom is -0.306 e. The Bertz CT molecular complexity index is 1420. The van der Waals surface area contributed by atoms with Crippen LogP contribution in [-0.2, 0) is 20.6 Å². The van der Waals surface area contributed by atoms with E-state index in [9.17, 15) is 9.59 Å². The van der Waals surface area contributed by atoms with Gasteiger partial charge in [-0.1, -0.05) is 54.1 Å². The maximum atomic E-state index is 13.2. The molecule has 0 saturated carbocycles. The standard InChI is InChI=1S/C23H23ClN6O2/c1-15(13-16-7-5-4-6-8-16)26-27-22-25-20-19(28(22)2)21(31)30(23(32)29(20)3)14-17-9-11-18(24)12-10-17/h4-13,26H,14H2,1-3H3,(H,25,27)/b15-13-. The number of imidazole rings is 1. The molecule has 0 aliphatic heterocycles. The lowest BCUT2D eigenvalue weighted by Gasteiger charge is -2.10. The molecule has 0 radical (unpaired) electrons. The van der Waals surface area contributed by atoms with Gasteiger partial charge in [0.1, 0.15) is 0 Å². The summed E-state index contributed by atoms with van der Waals surface area (Å²) in [5.41, 5.74) is 8.62. The number of aryl methyl sites for hydroxylation is 2. The van der Waals surface area contributed by atoms with Crippen molar-refractivity contribution in [3.63, 3.8) is 0 Å². The maximum Gasteiger partial charge on any atom is 0.332 e. The summed E-state index contributed by atoms with van der Waals surface area (Å²) in [5.74, 6) is 0.414. The Balaban J connectivity index is 1.67. The Morgan fingerprint density at radius 1 is 1.03 bits per heavy atom. The number of rotatable bonds is 6. The third-order valence-electron chi connectivity index (χ3n) is 5.17. The average molecular weight is 451 g/mol. The molecule has 0 atom stereocenters. The fraction of sp³-hybridized carbons (Fsp3) is 0.174. The number of benzene rings is 2. The van der Waals surface area contributed by atoms with Crippen molar-refractivity contribution >= 4 is 34.8 Å². The van der Waals surface area contributed by atoms with E-state index in [0.717, 1.165) is 16.8 Å². The van der Waals surface area contributed by atoms with Gasteiger partial charge in [0.2, 0.25) is 5.95 Å². The normalized spacial score (nSPS) is 11.7. The van der Waals surface area contributed by atoms with Crippen molar-refractivity contribution in [2.75, 3.05) is 5.43 Å². The van der Waals surface area contributed by atoms with Crippen LogP contribution in [0.15, 0.2) is 69.9 Å². The second-order valence-corrected chi connectivity index (χ2v) is 7.95. The number of nitrogens with one attached hydrogen (secondary N) is 2. The third kappa shape index (κ3) is 4.17. The molecular weight excluding hydrogens is 428 g/mol. The summed E-state index contributed by atoms with van der Waals surface area (Å²) in [6.45, 7) is 2.06. The fourth-order valence-electron chi connectivity index (χ4n) is 3.46. The first-order chi connectivity index (χ1) is 15.3. The van der Waals surface area contributed by atoms with Crippen molar-refractivity contribution in [3.8, 4) is 0 Å². The molecule has 2 aromatic carbocycles. The number of allylic oxidation sites excluding steroid dienone is 1. The third-order valence-corrected chi connectivity index (χ3v) is 5.42. The van der Waals surface area contributed by atoms with Crippen LogP contribution in [0.5, 0.6) is 0 Å². The molecule has 32 heavy (non-hydrogen) atoms. The van der Waals surface area contributed by atoms with Crippen molar-refractivity contribution in [1.82, 2.24) is 24.1 Å². The van der Waals surface area contributed by atoms with Crippen molar-refractivity contribution in [2.24, 2.45) is 14.1 Å². The van der Waals surface area contributed by atoms with Gasteiger partial charge in [-0.15, -0.1) is 0 Å². The zero-order valence-electron chi connectivity index (χ0n) is 18.0.